The third-order valence-corrected chi connectivity index (χ3v) is 5.52. The van der Waals surface area contributed by atoms with E-state index in [-0.39, 0.29) is 18.2 Å². The number of nitrogens with one attached hydrogen (secondary N) is 3. The molecule has 1 unspecified atom stereocenters. The number of amides is 1. The zero-order chi connectivity index (χ0) is 21.9. The van der Waals surface area contributed by atoms with E-state index in [0.717, 1.165) is 21.7 Å². The number of carbonyl (C=O) groups is 3. The molecular formula is C22H30N3O4+. The van der Waals surface area contributed by atoms with Gasteiger partial charge >= 0.3 is 5.97 Å². The van der Waals surface area contributed by atoms with Crippen LogP contribution in [-0.2, 0) is 9.53 Å². The lowest BCUT2D eigenvalue weighted by atomic mass is 10.0. The van der Waals surface area contributed by atoms with Crippen LogP contribution < -0.4 is 10.2 Å². The number of ether oxygens (including phenoxy) is 1. The Morgan fingerprint density at radius 1 is 1.14 bits per heavy atom. The van der Waals surface area contributed by atoms with Gasteiger partial charge < -0.3 is 19.9 Å². The Bertz CT molecular complexity index is 946. The molecular weight excluding hydrogens is 370 g/mol. The Morgan fingerprint density at radius 3 is 2.41 bits per heavy atom. The molecule has 29 heavy (non-hydrogen) atoms. The van der Waals surface area contributed by atoms with Gasteiger partial charge in [-0.1, -0.05) is 12.1 Å². The number of hydrogen-bond acceptors (Lipinski definition) is 4. The summed E-state index contributed by atoms with van der Waals surface area (Å²) in [6.45, 7) is 9.32. The largest absolute Gasteiger partial charge is 0.465 e. The van der Waals surface area contributed by atoms with Gasteiger partial charge in [-0.2, -0.15) is 0 Å². The first-order valence-electron chi connectivity index (χ1n) is 9.58. The first kappa shape index (κ1) is 22.4. The van der Waals surface area contributed by atoms with Crippen molar-refractivity contribution in [2.45, 2.75) is 40.7 Å². The van der Waals surface area contributed by atoms with E-state index in [2.05, 4.69) is 10.3 Å². The molecule has 0 saturated carbocycles. The number of Topliss-reactive ketones (excluding diaryl/α,β-unsaturated/α-hetero) is 1. The fourth-order valence-corrected chi connectivity index (χ4v) is 3.33. The molecule has 7 heteroatoms. The monoisotopic (exact) mass is 400 g/mol. The third kappa shape index (κ3) is 4.74. The molecule has 2 rings (SSSR count). The number of aromatic amines is 1. The number of aryl methyl sites for hydroxylation is 2. The number of quaternary nitrogens is 1. The van der Waals surface area contributed by atoms with Gasteiger partial charge in [-0.15, -0.1) is 0 Å². The Hall–Kier alpha value is -2.93. The van der Waals surface area contributed by atoms with Crippen LogP contribution in [-0.4, -0.2) is 49.4 Å². The van der Waals surface area contributed by atoms with Gasteiger partial charge in [-0.05, 0) is 57.4 Å². The van der Waals surface area contributed by atoms with E-state index in [1.807, 2.05) is 32.0 Å². The van der Waals surface area contributed by atoms with E-state index >= 15 is 0 Å². The molecule has 2 atom stereocenters. The summed E-state index contributed by atoms with van der Waals surface area (Å²) >= 11 is 0. The second-order valence-corrected chi connectivity index (χ2v) is 7.52. The fraction of sp³-hybridized carbons (Fsp3) is 0.409. The highest BCUT2D eigenvalue weighted by Gasteiger charge is 2.30. The van der Waals surface area contributed by atoms with Gasteiger partial charge in [0.25, 0.3) is 5.91 Å². The number of carbonyl (C=O) groups excluding carboxylic acids is 3. The summed E-state index contributed by atoms with van der Waals surface area (Å²) in [5.74, 6) is -0.792. The van der Waals surface area contributed by atoms with E-state index in [1.165, 1.54) is 7.11 Å². The number of methoxy groups -OCH3 is 1. The second-order valence-electron chi connectivity index (χ2n) is 7.52. The first-order valence-corrected chi connectivity index (χ1v) is 9.58. The number of esters is 1. The average Bonchev–Trinajstić information content (AvgIpc) is 2.97. The number of rotatable bonds is 7. The topological polar surface area (TPSA) is 92.7 Å². The maximum atomic E-state index is 13.0. The summed E-state index contributed by atoms with van der Waals surface area (Å²) in [5.41, 5.74) is 4.83. The van der Waals surface area contributed by atoms with Gasteiger partial charge in [0.15, 0.2) is 12.6 Å². The number of benzene rings is 1. The van der Waals surface area contributed by atoms with E-state index in [1.54, 1.807) is 27.8 Å². The van der Waals surface area contributed by atoms with E-state index in [4.69, 9.17) is 4.74 Å². The van der Waals surface area contributed by atoms with Crippen LogP contribution in [0.25, 0.3) is 0 Å². The van der Waals surface area contributed by atoms with Gasteiger partial charge in [0.2, 0.25) is 5.78 Å². The highest BCUT2D eigenvalue weighted by atomic mass is 16.5. The summed E-state index contributed by atoms with van der Waals surface area (Å²) in [6.07, 6.45) is 0. The summed E-state index contributed by atoms with van der Waals surface area (Å²) in [4.78, 5) is 41.2. The van der Waals surface area contributed by atoms with Crippen LogP contribution in [0, 0.1) is 27.7 Å². The van der Waals surface area contributed by atoms with Crippen LogP contribution in [0.3, 0.4) is 0 Å². The average molecular weight is 400 g/mol. The number of H-pyrrole nitrogens is 1. The summed E-state index contributed by atoms with van der Waals surface area (Å²) in [7, 11) is 3.11. The Labute approximate surface area is 171 Å². The standard InChI is InChI=1S/C22H29N3O4/c1-12-9-8-10-17(13(12)2)24-18(26)11-25(6)16(5)21(27)20-14(3)19(15(4)23-20)22(28)29-7/h8-10,16,23H,11H2,1-7H3,(H,24,26)/p+1/t16-/m1/s1. The van der Waals surface area contributed by atoms with E-state index in [9.17, 15) is 14.4 Å². The number of aromatic nitrogens is 1. The number of anilines is 1. The molecule has 0 aliphatic carbocycles. The maximum Gasteiger partial charge on any atom is 0.339 e. The molecule has 0 aliphatic heterocycles. The maximum absolute atomic E-state index is 13.0. The highest BCUT2D eigenvalue weighted by Crippen LogP contribution is 2.20. The molecule has 1 heterocycles. The second kappa shape index (κ2) is 9.05. The van der Waals surface area contributed by atoms with Crippen LogP contribution in [0.15, 0.2) is 18.2 Å². The van der Waals surface area contributed by atoms with Crippen molar-refractivity contribution in [3.8, 4) is 0 Å². The van der Waals surface area contributed by atoms with Crippen molar-refractivity contribution < 1.29 is 24.0 Å². The van der Waals surface area contributed by atoms with Gasteiger partial charge in [-0.25, -0.2) is 4.79 Å². The molecule has 1 aromatic carbocycles. The molecule has 3 N–H and O–H groups in total. The van der Waals surface area contributed by atoms with Crippen LogP contribution in [0.2, 0.25) is 0 Å². The Balaban J connectivity index is 2.11. The number of hydrogen-bond donors (Lipinski definition) is 3. The first-order chi connectivity index (χ1) is 13.6. The predicted octanol–water partition coefficient (Wildman–Crippen LogP) is 1.76. The molecule has 1 aromatic heterocycles. The predicted molar refractivity (Wildman–Crippen MR) is 112 cm³/mol. The van der Waals surface area contributed by atoms with Crippen LogP contribution in [0.5, 0.6) is 0 Å². The number of likely N-dealkylation sites (N-methyl/N-ethyl adjacent to an activating group) is 1. The van der Waals surface area contributed by atoms with Gasteiger partial charge in [0.05, 0.1) is 25.4 Å². The van der Waals surface area contributed by atoms with E-state index in [0.29, 0.717) is 22.5 Å². The number of ketones is 1. The van der Waals surface area contributed by atoms with Crippen molar-refractivity contribution in [2.24, 2.45) is 0 Å². The van der Waals surface area contributed by atoms with Crippen molar-refractivity contribution in [1.29, 1.82) is 0 Å². The molecule has 0 aliphatic rings. The lowest BCUT2D eigenvalue weighted by molar-refractivity contribution is -0.885. The molecule has 7 nitrogen and oxygen atoms in total. The van der Waals surface area contributed by atoms with Crippen LogP contribution in [0.1, 0.15) is 50.2 Å². The van der Waals surface area contributed by atoms with Gasteiger partial charge in [0, 0.05) is 11.4 Å². The molecule has 2 aromatic rings. The molecule has 0 fully saturated rings. The molecule has 0 saturated heterocycles. The minimum absolute atomic E-state index is 0.142. The summed E-state index contributed by atoms with van der Waals surface area (Å²) in [5, 5.41) is 2.92. The molecule has 0 spiro atoms. The minimum Gasteiger partial charge on any atom is -0.465 e. The molecule has 0 radical (unpaired) electrons. The zero-order valence-corrected chi connectivity index (χ0v) is 18.1. The van der Waals surface area contributed by atoms with Crippen molar-refractivity contribution in [3.63, 3.8) is 0 Å². The normalized spacial score (nSPS) is 12.9. The SMILES string of the molecule is COC(=O)c1c(C)[nH]c(C(=O)[C@@H](C)[NH+](C)CC(=O)Nc2cccc(C)c2C)c1C. The lowest BCUT2D eigenvalue weighted by Crippen LogP contribution is -3.14. The molecule has 156 valence electrons. The van der Waals surface area contributed by atoms with Crippen molar-refractivity contribution >= 4 is 23.3 Å². The van der Waals surface area contributed by atoms with Gasteiger partial charge in [0.1, 0.15) is 0 Å². The Morgan fingerprint density at radius 2 is 1.79 bits per heavy atom. The van der Waals surface area contributed by atoms with Gasteiger partial charge in [-0.3, -0.25) is 9.59 Å². The summed E-state index contributed by atoms with van der Waals surface area (Å²) in [6, 6.07) is 5.29. The Kier molecular flexibility index (Phi) is 6.97. The van der Waals surface area contributed by atoms with Crippen molar-refractivity contribution in [2.75, 3.05) is 26.0 Å². The smallest absolute Gasteiger partial charge is 0.339 e. The zero-order valence-electron chi connectivity index (χ0n) is 18.1. The van der Waals surface area contributed by atoms with Crippen LogP contribution in [0.4, 0.5) is 5.69 Å². The fourth-order valence-electron chi connectivity index (χ4n) is 3.33. The van der Waals surface area contributed by atoms with Crippen molar-refractivity contribution in [1.82, 2.24) is 4.98 Å². The quantitative estimate of drug-likeness (QED) is 0.488. The summed E-state index contributed by atoms with van der Waals surface area (Å²) < 4.78 is 4.80. The highest BCUT2D eigenvalue weighted by molar-refractivity contribution is 6.03. The third-order valence-electron chi connectivity index (χ3n) is 5.52. The molecule has 0 bridgehead atoms. The minimum atomic E-state index is -0.475. The van der Waals surface area contributed by atoms with Crippen LogP contribution >= 0.6 is 0 Å². The van der Waals surface area contributed by atoms with E-state index < -0.39 is 12.0 Å². The lowest BCUT2D eigenvalue weighted by Gasteiger charge is -2.20. The van der Waals surface area contributed by atoms with Crippen molar-refractivity contribution in [3.05, 3.63) is 51.8 Å². The molecule has 1 amide bonds.